The Kier molecular flexibility index (Phi) is 10.1. The molecule has 0 bridgehead atoms. The Morgan fingerprint density at radius 3 is 1.74 bits per heavy atom. The molecule has 4 heteroatoms. The molecule has 0 amide bonds. The molecule has 3 aliphatic carbocycles. The third-order valence-electron chi connectivity index (χ3n) is 19.5. The Labute approximate surface area is 463 Å². The van der Waals surface area contributed by atoms with Crippen molar-refractivity contribution in [2.24, 2.45) is 10.8 Å². The predicted octanol–water partition coefficient (Wildman–Crippen LogP) is 16.3. The number of nitrogens with zero attached hydrogens (tertiary/aromatic N) is 3. The van der Waals surface area contributed by atoms with Gasteiger partial charge >= 0.3 is 0 Å². The van der Waals surface area contributed by atoms with E-state index in [2.05, 4.69) is 265 Å². The molecule has 3 aliphatic heterocycles. The molecule has 0 saturated carbocycles. The molecule has 0 aromatic heterocycles. The molecule has 9 aromatic rings. The Bertz CT molecular complexity index is 3970. The molecular formula is C74H70BN3. The zero-order chi connectivity index (χ0) is 53.3. The third-order valence-corrected chi connectivity index (χ3v) is 19.5. The second-order valence-corrected chi connectivity index (χ2v) is 27.1. The second kappa shape index (κ2) is 16.5. The Morgan fingerprint density at radius 1 is 0.423 bits per heavy atom. The summed E-state index contributed by atoms with van der Waals surface area (Å²) < 4.78 is 0. The maximum absolute atomic E-state index is 2.78. The van der Waals surface area contributed by atoms with E-state index in [9.17, 15) is 0 Å². The summed E-state index contributed by atoms with van der Waals surface area (Å²) in [6.07, 6.45) is 6.24. The number of benzene rings is 9. The fourth-order valence-electron chi connectivity index (χ4n) is 16.1. The van der Waals surface area contributed by atoms with Gasteiger partial charge in [-0.25, -0.2) is 0 Å². The monoisotopic (exact) mass is 1010 g/mol. The first-order valence-corrected chi connectivity index (χ1v) is 28.9. The number of fused-ring (bicyclic) bond motifs is 10. The minimum Gasteiger partial charge on any atom is -0.334 e. The summed E-state index contributed by atoms with van der Waals surface area (Å²) in [7, 11) is 0. The summed E-state index contributed by atoms with van der Waals surface area (Å²) >= 11 is 0. The van der Waals surface area contributed by atoms with E-state index in [1.165, 1.54) is 129 Å². The molecule has 0 radical (unpaired) electrons. The van der Waals surface area contributed by atoms with Gasteiger partial charge in [0.05, 0.1) is 11.2 Å². The first-order chi connectivity index (χ1) is 37.5. The molecule has 0 saturated heterocycles. The van der Waals surface area contributed by atoms with Crippen LogP contribution in [0.5, 0.6) is 0 Å². The normalized spacial score (nSPS) is 20.5. The van der Waals surface area contributed by atoms with Crippen LogP contribution in [-0.4, -0.2) is 12.3 Å². The number of hydrogen-bond acceptors (Lipinski definition) is 3. The lowest BCUT2D eigenvalue weighted by Crippen LogP contribution is -2.62. The van der Waals surface area contributed by atoms with Crippen LogP contribution in [0.25, 0.3) is 11.1 Å². The molecule has 2 unspecified atom stereocenters. The van der Waals surface area contributed by atoms with E-state index in [-0.39, 0.29) is 33.9 Å². The summed E-state index contributed by atoms with van der Waals surface area (Å²) in [5, 5.41) is 0. The van der Waals surface area contributed by atoms with E-state index in [1.54, 1.807) is 0 Å². The molecular weight excluding hydrogens is 942 g/mol. The van der Waals surface area contributed by atoms with Gasteiger partial charge < -0.3 is 14.7 Å². The number of rotatable bonds is 5. The van der Waals surface area contributed by atoms with E-state index in [4.69, 9.17) is 0 Å². The van der Waals surface area contributed by atoms with Crippen molar-refractivity contribution in [2.45, 2.75) is 117 Å². The van der Waals surface area contributed by atoms with Gasteiger partial charge in [-0.1, -0.05) is 176 Å². The van der Waals surface area contributed by atoms with Gasteiger partial charge in [0, 0.05) is 50.8 Å². The van der Waals surface area contributed by atoms with Crippen molar-refractivity contribution in [2.75, 3.05) is 14.7 Å². The highest BCUT2D eigenvalue weighted by molar-refractivity contribution is 7.00. The quantitative estimate of drug-likeness (QED) is 0.159. The van der Waals surface area contributed by atoms with E-state index in [0.29, 0.717) is 0 Å². The molecule has 0 fully saturated rings. The summed E-state index contributed by atoms with van der Waals surface area (Å²) in [6, 6.07) is 74.0. The fraction of sp³-hybridized carbons (Fsp3) is 0.270. The molecule has 3 nitrogen and oxygen atoms in total. The van der Waals surface area contributed by atoms with Crippen LogP contribution in [0.2, 0.25) is 0 Å². The Balaban J connectivity index is 1.02. The van der Waals surface area contributed by atoms with Crippen LogP contribution in [0, 0.1) is 17.8 Å². The molecule has 2 atom stereocenters. The molecule has 15 rings (SSSR count). The molecule has 6 aliphatic rings. The number of aryl methyl sites for hydroxylation is 1. The highest BCUT2D eigenvalue weighted by Crippen LogP contribution is 2.63. The van der Waals surface area contributed by atoms with Crippen LogP contribution < -0.4 is 31.1 Å². The van der Waals surface area contributed by atoms with E-state index < -0.39 is 0 Å². The van der Waals surface area contributed by atoms with Gasteiger partial charge in [0.25, 0.3) is 6.71 Å². The summed E-state index contributed by atoms with van der Waals surface area (Å²) in [5.74, 6) is 0. The molecule has 3 heterocycles. The zero-order valence-electron chi connectivity index (χ0n) is 47.1. The van der Waals surface area contributed by atoms with Gasteiger partial charge in [0.2, 0.25) is 0 Å². The first-order valence-electron chi connectivity index (χ1n) is 28.9. The highest BCUT2D eigenvalue weighted by Gasteiger charge is 2.62. The number of hydrogen-bond donors (Lipinski definition) is 0. The molecule has 78 heavy (non-hydrogen) atoms. The zero-order valence-corrected chi connectivity index (χ0v) is 47.1. The van der Waals surface area contributed by atoms with Crippen molar-refractivity contribution in [3.63, 3.8) is 0 Å². The van der Waals surface area contributed by atoms with Crippen molar-refractivity contribution in [1.29, 1.82) is 0 Å². The van der Waals surface area contributed by atoms with Crippen molar-refractivity contribution < 1.29 is 0 Å². The molecule has 0 N–H and O–H groups in total. The maximum Gasteiger partial charge on any atom is 0.252 e. The Hall–Kier alpha value is -7.56. The average molecular weight is 1010 g/mol. The predicted molar refractivity (Wildman–Crippen MR) is 330 cm³/mol. The lowest BCUT2D eigenvalue weighted by atomic mass is 9.33. The second-order valence-electron chi connectivity index (χ2n) is 27.1. The van der Waals surface area contributed by atoms with Crippen molar-refractivity contribution in [1.82, 2.24) is 0 Å². The van der Waals surface area contributed by atoms with Gasteiger partial charge in [-0.2, -0.15) is 0 Å². The largest absolute Gasteiger partial charge is 0.334 e. The fourth-order valence-corrected chi connectivity index (χ4v) is 16.1. The lowest BCUT2D eigenvalue weighted by Gasteiger charge is -2.53. The van der Waals surface area contributed by atoms with Gasteiger partial charge in [-0.3, -0.25) is 0 Å². The minimum atomic E-state index is -0.346. The van der Waals surface area contributed by atoms with Crippen LogP contribution in [-0.2, 0) is 49.4 Å². The van der Waals surface area contributed by atoms with Gasteiger partial charge in [0.1, 0.15) is 0 Å². The SMILES string of the molecule is Cc1cc2c3c(c1)N(c1ccc(C(C)(C)C)cc1-c1ccccc1)c1cc(N4c5ccccc5C5(c6ccccc6)Cc6ccccc6CC45C)ccc1B3c1cc3c(cc1N2c1ccc2c(c1)CC(C)(C)C2)CC(C)(C)C3. The van der Waals surface area contributed by atoms with Crippen molar-refractivity contribution in [3.8, 4) is 11.1 Å². The minimum absolute atomic E-state index is 0.00460. The van der Waals surface area contributed by atoms with Crippen LogP contribution >= 0.6 is 0 Å². The van der Waals surface area contributed by atoms with Crippen molar-refractivity contribution >= 4 is 68.6 Å². The number of para-hydroxylation sites is 1. The molecule has 9 aromatic carbocycles. The Morgan fingerprint density at radius 2 is 1.01 bits per heavy atom. The van der Waals surface area contributed by atoms with Crippen LogP contribution in [0.3, 0.4) is 0 Å². The lowest BCUT2D eigenvalue weighted by molar-refractivity contribution is 0.281. The topological polar surface area (TPSA) is 9.72 Å². The van der Waals surface area contributed by atoms with E-state index >= 15 is 0 Å². The summed E-state index contributed by atoms with van der Waals surface area (Å²) in [4.78, 5) is 8.16. The maximum atomic E-state index is 2.78. The standard InChI is InChI=1S/C74H70BN3/c1-47-34-67-69-68(35-47)77(63-33-29-56(70(2,3)4)39-59(63)48-20-12-10-13-21-48)66-40-58(78-64-27-19-18-26-60(64)74(55-24-14-11-15-25-55)46-50-23-17-16-22-49(50)45-73(74,78)9)31-32-61(66)75(69)62-37-53-43-72(7,8)44-54(53)38-65(62)76(67)57-30-28-51-41-71(5,6)42-52(51)36-57/h10-40H,41-46H2,1-9H3. The smallest absolute Gasteiger partial charge is 0.252 e. The molecule has 0 spiro atoms. The highest BCUT2D eigenvalue weighted by atomic mass is 15.3. The summed E-state index contributed by atoms with van der Waals surface area (Å²) in [5.41, 5.74) is 30.7. The van der Waals surface area contributed by atoms with Gasteiger partial charge in [-0.05, 0) is 207 Å². The van der Waals surface area contributed by atoms with E-state index in [1.807, 2.05) is 0 Å². The van der Waals surface area contributed by atoms with Crippen LogP contribution in [0.4, 0.5) is 45.5 Å². The number of anilines is 8. The average Bonchev–Trinajstić information content (AvgIpc) is 2.99. The third kappa shape index (κ3) is 6.90. The first kappa shape index (κ1) is 47.6. The van der Waals surface area contributed by atoms with Gasteiger partial charge in [-0.15, -0.1) is 0 Å². The molecule has 384 valence electrons. The van der Waals surface area contributed by atoms with Gasteiger partial charge in [0.15, 0.2) is 0 Å². The van der Waals surface area contributed by atoms with Crippen molar-refractivity contribution in [3.05, 3.63) is 244 Å². The van der Waals surface area contributed by atoms with Crippen LogP contribution in [0.15, 0.2) is 188 Å². The van der Waals surface area contributed by atoms with E-state index in [0.717, 1.165) is 38.5 Å². The van der Waals surface area contributed by atoms with Crippen LogP contribution in [0.1, 0.15) is 111 Å². The summed E-state index contributed by atoms with van der Waals surface area (Å²) in [6.45, 7) is 21.7.